The molecule has 0 aliphatic carbocycles. The smallest absolute Gasteiger partial charge is 0.310 e. The van der Waals surface area contributed by atoms with Gasteiger partial charge in [-0.3, -0.25) is 0 Å². The number of rotatable bonds is 6. The molecule has 0 aromatic heterocycles. The molecule has 0 heterocycles. The molecule has 0 amide bonds. The third-order valence-corrected chi connectivity index (χ3v) is 2.87. The molecule has 18 heavy (non-hydrogen) atoms. The van der Waals surface area contributed by atoms with Crippen LogP contribution in [0.3, 0.4) is 0 Å². The van der Waals surface area contributed by atoms with Crippen LogP contribution in [0.5, 0.6) is 0 Å². The van der Waals surface area contributed by atoms with Crippen LogP contribution in [0.4, 0.5) is 13.2 Å². The van der Waals surface area contributed by atoms with Crippen LogP contribution >= 0.6 is 0 Å². The molecule has 102 valence electrons. The highest BCUT2D eigenvalue weighted by Crippen LogP contribution is 2.29. The van der Waals surface area contributed by atoms with Crippen molar-refractivity contribution < 1.29 is 13.2 Å². The lowest BCUT2D eigenvalue weighted by Gasteiger charge is -2.20. The molecule has 1 aromatic carbocycles. The molecular weight excluding hydrogens is 239 g/mol. The van der Waals surface area contributed by atoms with Crippen LogP contribution in [0.2, 0.25) is 0 Å². The summed E-state index contributed by atoms with van der Waals surface area (Å²) in [5.41, 5.74) is 1.85. The monoisotopic (exact) mass is 259 g/mol. The fraction of sp³-hybridized carbons (Fsp3) is 0.571. The zero-order valence-corrected chi connectivity index (χ0v) is 10.8. The molecule has 1 N–H and O–H groups in total. The number of halogens is 3. The third kappa shape index (κ3) is 5.08. The average molecular weight is 259 g/mol. The fourth-order valence-electron chi connectivity index (χ4n) is 1.84. The maximum atomic E-state index is 12.5. The first-order chi connectivity index (χ1) is 8.46. The van der Waals surface area contributed by atoms with Gasteiger partial charge in [0.05, 0.1) is 6.42 Å². The summed E-state index contributed by atoms with van der Waals surface area (Å²) in [6.45, 7) is 4.56. The minimum absolute atomic E-state index is 0.594. The summed E-state index contributed by atoms with van der Waals surface area (Å²) in [6, 6.07) is 6.73. The van der Waals surface area contributed by atoms with Crippen molar-refractivity contribution in [1.29, 1.82) is 0 Å². The molecule has 0 saturated carbocycles. The van der Waals surface area contributed by atoms with Crippen LogP contribution in [0.25, 0.3) is 0 Å². The second kappa shape index (κ2) is 6.78. The second-order valence-electron chi connectivity index (χ2n) is 4.42. The van der Waals surface area contributed by atoms with E-state index < -0.39 is 18.6 Å². The van der Waals surface area contributed by atoms with Gasteiger partial charge in [0.25, 0.3) is 0 Å². The van der Waals surface area contributed by atoms with Gasteiger partial charge in [0, 0.05) is 6.04 Å². The van der Waals surface area contributed by atoms with Crippen molar-refractivity contribution in [2.45, 2.75) is 45.3 Å². The molecule has 0 bridgehead atoms. The van der Waals surface area contributed by atoms with E-state index in [-0.39, 0.29) is 0 Å². The normalized spacial score (nSPS) is 13.6. The highest BCUT2D eigenvalue weighted by Gasteiger charge is 2.32. The van der Waals surface area contributed by atoms with Crippen molar-refractivity contribution in [1.82, 2.24) is 5.32 Å². The standard InChI is InChI=1S/C14H20F3N/c1-3-9-18-13(10-14(15,16)17)12-7-5-11(4-2)6-8-12/h5-8,13,18H,3-4,9-10H2,1-2H3. The van der Waals surface area contributed by atoms with E-state index >= 15 is 0 Å². The molecule has 0 fully saturated rings. The zero-order valence-electron chi connectivity index (χ0n) is 10.8. The Morgan fingerprint density at radius 1 is 1.11 bits per heavy atom. The average Bonchev–Trinajstić information content (AvgIpc) is 2.33. The van der Waals surface area contributed by atoms with Crippen LogP contribution < -0.4 is 5.32 Å². The van der Waals surface area contributed by atoms with E-state index in [0.717, 1.165) is 18.4 Å². The van der Waals surface area contributed by atoms with Gasteiger partial charge in [-0.15, -0.1) is 0 Å². The van der Waals surface area contributed by atoms with Gasteiger partial charge in [-0.05, 0) is 30.5 Å². The van der Waals surface area contributed by atoms with Crippen molar-refractivity contribution in [3.05, 3.63) is 35.4 Å². The van der Waals surface area contributed by atoms with Gasteiger partial charge in [-0.25, -0.2) is 0 Å². The Morgan fingerprint density at radius 2 is 1.72 bits per heavy atom. The molecule has 0 saturated heterocycles. The van der Waals surface area contributed by atoms with Crippen molar-refractivity contribution in [3.63, 3.8) is 0 Å². The van der Waals surface area contributed by atoms with Crippen LogP contribution in [-0.2, 0) is 6.42 Å². The van der Waals surface area contributed by atoms with Crippen LogP contribution in [0.1, 0.15) is 43.9 Å². The minimum atomic E-state index is -4.14. The summed E-state index contributed by atoms with van der Waals surface area (Å²) in [6.07, 6.45) is -3.25. The van der Waals surface area contributed by atoms with E-state index in [4.69, 9.17) is 0 Å². The number of hydrogen-bond acceptors (Lipinski definition) is 1. The zero-order chi connectivity index (χ0) is 13.6. The second-order valence-corrected chi connectivity index (χ2v) is 4.42. The quantitative estimate of drug-likeness (QED) is 0.805. The maximum Gasteiger partial charge on any atom is 0.390 e. The molecular formula is C14H20F3N. The Bertz CT molecular complexity index is 343. The van der Waals surface area contributed by atoms with Gasteiger partial charge in [-0.1, -0.05) is 38.1 Å². The van der Waals surface area contributed by atoms with Crippen LogP contribution in [-0.4, -0.2) is 12.7 Å². The van der Waals surface area contributed by atoms with E-state index in [1.807, 2.05) is 26.0 Å². The molecule has 0 aliphatic rings. The van der Waals surface area contributed by atoms with Crippen molar-refractivity contribution >= 4 is 0 Å². The van der Waals surface area contributed by atoms with Crippen molar-refractivity contribution in [2.75, 3.05) is 6.54 Å². The first kappa shape index (κ1) is 15.0. The van der Waals surface area contributed by atoms with E-state index in [0.29, 0.717) is 12.1 Å². The van der Waals surface area contributed by atoms with Gasteiger partial charge in [0.1, 0.15) is 0 Å². The molecule has 0 aliphatic heterocycles. The number of benzene rings is 1. The fourth-order valence-corrected chi connectivity index (χ4v) is 1.84. The molecule has 1 rings (SSSR count). The third-order valence-electron chi connectivity index (χ3n) is 2.87. The van der Waals surface area contributed by atoms with Crippen molar-refractivity contribution in [3.8, 4) is 0 Å². The summed E-state index contributed by atoms with van der Waals surface area (Å²) in [4.78, 5) is 0. The Morgan fingerprint density at radius 3 is 2.17 bits per heavy atom. The Balaban J connectivity index is 2.79. The Labute approximate surface area is 106 Å². The van der Waals surface area contributed by atoms with Crippen molar-refractivity contribution in [2.24, 2.45) is 0 Å². The Hall–Kier alpha value is -1.03. The SMILES string of the molecule is CCCNC(CC(F)(F)F)c1ccc(CC)cc1. The summed E-state index contributed by atoms with van der Waals surface area (Å²) in [5, 5.41) is 2.96. The lowest BCUT2D eigenvalue weighted by molar-refractivity contribution is -0.140. The summed E-state index contributed by atoms with van der Waals surface area (Å²) < 4.78 is 37.6. The molecule has 1 nitrogen and oxygen atoms in total. The molecule has 1 unspecified atom stereocenters. The molecule has 0 radical (unpaired) electrons. The maximum absolute atomic E-state index is 12.5. The number of hydrogen-bond donors (Lipinski definition) is 1. The van der Waals surface area contributed by atoms with Crippen LogP contribution in [0, 0.1) is 0 Å². The van der Waals surface area contributed by atoms with Gasteiger partial charge >= 0.3 is 6.18 Å². The number of nitrogens with one attached hydrogen (secondary N) is 1. The van der Waals surface area contributed by atoms with E-state index in [2.05, 4.69) is 5.32 Å². The highest BCUT2D eigenvalue weighted by molar-refractivity contribution is 5.25. The summed E-state index contributed by atoms with van der Waals surface area (Å²) in [5.74, 6) is 0. The topological polar surface area (TPSA) is 12.0 Å². The van der Waals surface area contributed by atoms with E-state index in [9.17, 15) is 13.2 Å². The number of aryl methyl sites for hydroxylation is 1. The first-order valence-corrected chi connectivity index (χ1v) is 6.35. The molecule has 1 atom stereocenters. The highest BCUT2D eigenvalue weighted by atomic mass is 19.4. The van der Waals surface area contributed by atoms with Gasteiger partial charge < -0.3 is 5.32 Å². The summed E-state index contributed by atoms with van der Waals surface area (Å²) in [7, 11) is 0. The number of alkyl halides is 3. The minimum Gasteiger partial charge on any atom is -0.310 e. The van der Waals surface area contributed by atoms with Crippen LogP contribution in [0.15, 0.2) is 24.3 Å². The van der Waals surface area contributed by atoms with Gasteiger partial charge in [0.2, 0.25) is 0 Å². The predicted molar refractivity (Wildman–Crippen MR) is 67.5 cm³/mol. The Kier molecular flexibility index (Phi) is 5.66. The van der Waals surface area contributed by atoms with E-state index in [1.54, 1.807) is 12.1 Å². The predicted octanol–water partition coefficient (Wildman–Crippen LogP) is 4.24. The molecule has 0 spiro atoms. The lowest BCUT2D eigenvalue weighted by Crippen LogP contribution is -2.27. The van der Waals surface area contributed by atoms with Gasteiger partial charge in [-0.2, -0.15) is 13.2 Å². The lowest BCUT2D eigenvalue weighted by atomic mass is 10.0. The van der Waals surface area contributed by atoms with Gasteiger partial charge in [0.15, 0.2) is 0 Å². The molecule has 4 heteroatoms. The molecule has 1 aromatic rings. The first-order valence-electron chi connectivity index (χ1n) is 6.35. The summed E-state index contributed by atoms with van der Waals surface area (Å²) >= 11 is 0. The largest absolute Gasteiger partial charge is 0.390 e. The van der Waals surface area contributed by atoms with E-state index in [1.165, 1.54) is 0 Å².